The highest BCUT2D eigenvalue weighted by molar-refractivity contribution is 7.20. The molecule has 0 unspecified atom stereocenters. The second-order valence-electron chi connectivity index (χ2n) is 4.93. The molecule has 3 heterocycles. The van der Waals surface area contributed by atoms with Crippen molar-refractivity contribution in [1.82, 2.24) is 24.6 Å². The Kier molecular flexibility index (Phi) is 4.42. The lowest BCUT2D eigenvalue weighted by Crippen LogP contribution is -2.23. The fourth-order valence-electron chi connectivity index (χ4n) is 2.06. The van der Waals surface area contributed by atoms with E-state index in [9.17, 15) is 0 Å². The summed E-state index contributed by atoms with van der Waals surface area (Å²) in [6.07, 6.45) is 1.78. The minimum Gasteiger partial charge on any atom is -0.317 e. The Hall–Kier alpha value is -1.57. The van der Waals surface area contributed by atoms with Crippen LogP contribution in [0.5, 0.6) is 0 Å². The highest BCUT2D eigenvalue weighted by Crippen LogP contribution is 2.27. The second-order valence-corrected chi connectivity index (χ2v) is 6.74. The molecule has 0 aromatic carbocycles. The molecule has 3 rings (SSSR count). The van der Waals surface area contributed by atoms with Crippen LogP contribution >= 0.6 is 22.7 Å². The topological polar surface area (TPSA) is 46.8 Å². The average Bonchev–Trinajstić information content (AvgIpc) is 3.17. The Bertz CT molecular complexity index is 686. The second kappa shape index (κ2) is 6.46. The quantitative estimate of drug-likeness (QED) is 0.701. The highest BCUT2D eigenvalue weighted by Gasteiger charge is 2.08. The van der Waals surface area contributed by atoms with E-state index < -0.39 is 0 Å². The molecule has 0 radical (unpaired) electrons. The lowest BCUT2D eigenvalue weighted by Gasteiger charge is -2.15. The smallest absolute Gasteiger partial charge is 0.133 e. The van der Waals surface area contributed by atoms with Gasteiger partial charge in [0.25, 0.3) is 0 Å². The maximum absolute atomic E-state index is 4.71. The first-order valence-electron chi connectivity index (χ1n) is 6.73. The van der Waals surface area contributed by atoms with E-state index in [-0.39, 0.29) is 0 Å². The molecule has 0 spiro atoms. The van der Waals surface area contributed by atoms with Crippen LogP contribution in [0.15, 0.2) is 29.2 Å². The molecule has 3 aromatic rings. The van der Waals surface area contributed by atoms with Gasteiger partial charge in [0.2, 0.25) is 0 Å². The summed E-state index contributed by atoms with van der Waals surface area (Å²) in [6, 6.07) is 4.18. The summed E-state index contributed by atoms with van der Waals surface area (Å²) in [5, 5.41) is 13.2. The Morgan fingerprint density at radius 3 is 2.95 bits per heavy atom. The molecular weight excluding hydrogens is 302 g/mol. The fraction of sp³-hybridized carbons (Fsp3) is 0.357. The van der Waals surface area contributed by atoms with E-state index in [0.29, 0.717) is 0 Å². The predicted octanol–water partition coefficient (Wildman–Crippen LogP) is 2.90. The summed E-state index contributed by atoms with van der Waals surface area (Å²) in [5.74, 6) is 0.956. The summed E-state index contributed by atoms with van der Waals surface area (Å²) in [4.78, 5) is 8.23. The minimum absolute atomic E-state index is 0.864. The average molecular weight is 319 g/mol. The Balaban J connectivity index is 1.55. The molecule has 0 aliphatic heterocycles. The monoisotopic (exact) mass is 319 g/mol. The number of aromatic nitrogens is 4. The largest absolute Gasteiger partial charge is 0.317 e. The fourth-order valence-corrected chi connectivity index (χ4v) is 3.68. The molecule has 7 heteroatoms. The van der Waals surface area contributed by atoms with Crippen molar-refractivity contribution in [3.8, 4) is 9.88 Å². The number of aryl methyl sites for hydroxylation is 1. The van der Waals surface area contributed by atoms with E-state index in [1.54, 1.807) is 29.0 Å². The van der Waals surface area contributed by atoms with Gasteiger partial charge in [0.1, 0.15) is 17.2 Å². The molecule has 110 valence electrons. The lowest BCUT2D eigenvalue weighted by molar-refractivity contribution is 0.307. The van der Waals surface area contributed by atoms with Crippen molar-refractivity contribution in [2.45, 2.75) is 20.0 Å². The van der Waals surface area contributed by atoms with Crippen LogP contribution < -0.4 is 0 Å². The molecule has 0 N–H and O–H groups in total. The third kappa shape index (κ3) is 3.55. The van der Waals surface area contributed by atoms with E-state index in [0.717, 1.165) is 36.2 Å². The van der Waals surface area contributed by atoms with Crippen molar-refractivity contribution in [3.63, 3.8) is 0 Å². The van der Waals surface area contributed by atoms with Crippen molar-refractivity contribution in [2.75, 3.05) is 13.6 Å². The Morgan fingerprint density at radius 1 is 1.33 bits per heavy atom. The Labute approximate surface area is 131 Å². The van der Waals surface area contributed by atoms with E-state index in [2.05, 4.69) is 49.6 Å². The maximum atomic E-state index is 4.71. The van der Waals surface area contributed by atoms with Crippen molar-refractivity contribution in [1.29, 1.82) is 0 Å². The number of rotatable bonds is 6. The van der Waals surface area contributed by atoms with Gasteiger partial charge in [0, 0.05) is 25.0 Å². The zero-order valence-electron chi connectivity index (χ0n) is 12.1. The number of thiophene rings is 1. The first-order valence-corrected chi connectivity index (χ1v) is 8.49. The molecule has 0 saturated heterocycles. The first kappa shape index (κ1) is 14.4. The van der Waals surface area contributed by atoms with Gasteiger partial charge in [-0.1, -0.05) is 6.07 Å². The van der Waals surface area contributed by atoms with Crippen LogP contribution in [0.1, 0.15) is 11.5 Å². The van der Waals surface area contributed by atoms with Crippen molar-refractivity contribution in [3.05, 3.63) is 40.7 Å². The molecule has 0 aliphatic rings. The number of nitrogens with zero attached hydrogens (tertiary/aromatic N) is 5. The summed E-state index contributed by atoms with van der Waals surface area (Å²) in [7, 11) is 2.11. The van der Waals surface area contributed by atoms with Gasteiger partial charge in [-0.05, 0) is 25.4 Å². The van der Waals surface area contributed by atoms with Crippen LogP contribution in [-0.2, 0) is 13.1 Å². The summed E-state index contributed by atoms with van der Waals surface area (Å²) in [6.45, 7) is 4.69. The van der Waals surface area contributed by atoms with Gasteiger partial charge in [-0.2, -0.15) is 0 Å². The van der Waals surface area contributed by atoms with Crippen LogP contribution in [0.4, 0.5) is 0 Å². The van der Waals surface area contributed by atoms with Crippen LogP contribution in [0.25, 0.3) is 9.88 Å². The van der Waals surface area contributed by atoms with Gasteiger partial charge < -0.3 is 4.57 Å². The molecular formula is C14H17N5S2. The molecule has 0 amide bonds. The van der Waals surface area contributed by atoms with Gasteiger partial charge >= 0.3 is 0 Å². The number of thiazole rings is 1. The summed E-state index contributed by atoms with van der Waals surface area (Å²) >= 11 is 3.45. The van der Waals surface area contributed by atoms with E-state index in [4.69, 9.17) is 4.98 Å². The number of likely N-dealkylation sites (N-methyl/N-ethyl adjacent to an activating group) is 1. The van der Waals surface area contributed by atoms with Gasteiger partial charge in [0.05, 0.1) is 10.6 Å². The molecule has 0 bridgehead atoms. The van der Waals surface area contributed by atoms with Gasteiger partial charge in [-0.25, -0.2) is 4.98 Å². The maximum Gasteiger partial charge on any atom is 0.133 e. The van der Waals surface area contributed by atoms with Gasteiger partial charge in [0.15, 0.2) is 0 Å². The summed E-state index contributed by atoms with van der Waals surface area (Å²) < 4.78 is 2.06. The predicted molar refractivity (Wildman–Crippen MR) is 86.5 cm³/mol. The molecule has 0 fully saturated rings. The standard InChI is InChI=1S/C14H17N5S2/c1-11-17-15-10-19(11)6-5-18(2)8-12-9-21-14(16-12)13-4-3-7-20-13/h3-4,7,9-10H,5-6,8H2,1-2H3. The van der Waals surface area contributed by atoms with Crippen LogP contribution in [0, 0.1) is 6.92 Å². The molecule has 0 atom stereocenters. The minimum atomic E-state index is 0.864. The molecule has 0 aliphatic carbocycles. The zero-order valence-corrected chi connectivity index (χ0v) is 13.7. The van der Waals surface area contributed by atoms with E-state index in [1.807, 2.05) is 6.92 Å². The van der Waals surface area contributed by atoms with Crippen LogP contribution in [0.2, 0.25) is 0 Å². The van der Waals surface area contributed by atoms with Crippen molar-refractivity contribution >= 4 is 22.7 Å². The van der Waals surface area contributed by atoms with Gasteiger partial charge in [-0.3, -0.25) is 4.90 Å². The zero-order chi connectivity index (χ0) is 14.7. The third-order valence-electron chi connectivity index (χ3n) is 3.25. The van der Waals surface area contributed by atoms with E-state index in [1.165, 1.54) is 4.88 Å². The lowest BCUT2D eigenvalue weighted by atomic mass is 10.4. The van der Waals surface area contributed by atoms with Crippen molar-refractivity contribution in [2.24, 2.45) is 0 Å². The first-order chi connectivity index (χ1) is 10.2. The SMILES string of the molecule is Cc1nncn1CCN(C)Cc1csc(-c2cccs2)n1. The molecule has 0 saturated carbocycles. The molecule has 3 aromatic heterocycles. The van der Waals surface area contributed by atoms with E-state index >= 15 is 0 Å². The molecule has 5 nitrogen and oxygen atoms in total. The van der Waals surface area contributed by atoms with Crippen molar-refractivity contribution < 1.29 is 0 Å². The summed E-state index contributed by atoms with van der Waals surface area (Å²) in [5.41, 5.74) is 1.13. The Morgan fingerprint density at radius 2 is 2.24 bits per heavy atom. The highest BCUT2D eigenvalue weighted by atomic mass is 32.1. The number of hydrogen-bond donors (Lipinski definition) is 0. The third-order valence-corrected chi connectivity index (χ3v) is 5.18. The number of hydrogen-bond acceptors (Lipinski definition) is 6. The molecule has 21 heavy (non-hydrogen) atoms. The normalized spacial score (nSPS) is 11.4. The van der Waals surface area contributed by atoms with Crippen LogP contribution in [0.3, 0.4) is 0 Å². The van der Waals surface area contributed by atoms with Crippen LogP contribution in [-0.4, -0.2) is 38.2 Å². The van der Waals surface area contributed by atoms with Gasteiger partial charge in [-0.15, -0.1) is 32.9 Å².